The molecule has 7 heteroatoms. The lowest BCUT2D eigenvalue weighted by molar-refractivity contribution is -0.128. The predicted molar refractivity (Wildman–Crippen MR) is 105 cm³/mol. The van der Waals surface area contributed by atoms with Gasteiger partial charge in [-0.3, -0.25) is 25.2 Å². The Morgan fingerprint density at radius 1 is 1.00 bits per heavy atom. The summed E-state index contributed by atoms with van der Waals surface area (Å²) < 4.78 is 5.64. The molecular weight excluding hydrogens is 358 g/mol. The van der Waals surface area contributed by atoms with Crippen molar-refractivity contribution in [3.05, 3.63) is 60.2 Å². The van der Waals surface area contributed by atoms with Crippen LogP contribution in [0.15, 0.2) is 54.6 Å². The maximum Gasteiger partial charge on any atom is 0.279 e. The van der Waals surface area contributed by atoms with Crippen molar-refractivity contribution < 1.29 is 19.1 Å². The van der Waals surface area contributed by atoms with Gasteiger partial charge in [-0.05, 0) is 55.7 Å². The molecule has 0 heterocycles. The van der Waals surface area contributed by atoms with Crippen LogP contribution in [0.4, 0.5) is 5.69 Å². The van der Waals surface area contributed by atoms with E-state index >= 15 is 0 Å². The van der Waals surface area contributed by atoms with Gasteiger partial charge >= 0.3 is 0 Å². The average Bonchev–Trinajstić information content (AvgIpc) is 3.57. The second kappa shape index (κ2) is 9.03. The summed E-state index contributed by atoms with van der Waals surface area (Å²) in [6, 6.07) is 15.5. The zero-order valence-electron chi connectivity index (χ0n) is 15.6. The quantitative estimate of drug-likeness (QED) is 0.643. The van der Waals surface area contributed by atoms with E-state index in [2.05, 4.69) is 16.2 Å². The van der Waals surface area contributed by atoms with E-state index in [0.717, 1.165) is 12.8 Å². The lowest BCUT2D eigenvalue weighted by Crippen LogP contribution is -2.47. The monoisotopic (exact) mass is 381 g/mol. The van der Waals surface area contributed by atoms with Crippen molar-refractivity contribution in [1.82, 2.24) is 10.9 Å². The molecule has 3 rings (SSSR count). The fourth-order valence-electron chi connectivity index (χ4n) is 2.55. The molecule has 0 saturated heterocycles. The molecular formula is C21H23N3O4. The Kier molecular flexibility index (Phi) is 6.26. The third-order valence-corrected chi connectivity index (χ3v) is 4.35. The number of nitrogens with one attached hydrogen (secondary N) is 3. The van der Waals surface area contributed by atoms with Crippen LogP contribution in [0.2, 0.25) is 0 Å². The lowest BCUT2D eigenvalue weighted by atomic mass is 10.2. The predicted octanol–water partition coefficient (Wildman–Crippen LogP) is 2.65. The minimum Gasteiger partial charge on any atom is -0.481 e. The van der Waals surface area contributed by atoms with Gasteiger partial charge in [0.15, 0.2) is 6.10 Å². The van der Waals surface area contributed by atoms with Gasteiger partial charge in [0, 0.05) is 17.2 Å². The van der Waals surface area contributed by atoms with Crippen LogP contribution in [0.1, 0.15) is 36.5 Å². The summed E-state index contributed by atoms with van der Waals surface area (Å²) in [5.41, 5.74) is 5.77. The summed E-state index contributed by atoms with van der Waals surface area (Å²) >= 11 is 0. The number of ether oxygens (including phenoxy) is 1. The molecule has 0 aliphatic heterocycles. The topological polar surface area (TPSA) is 96.5 Å². The number of para-hydroxylation sites is 1. The number of hydrogen-bond donors (Lipinski definition) is 3. The SMILES string of the molecule is CCC(Oc1ccccc1)C(=O)NNC(=O)c1ccc(NC(=O)C2CC2)cc1. The fourth-order valence-corrected chi connectivity index (χ4v) is 2.55. The van der Waals surface area contributed by atoms with Crippen LogP contribution in [0.5, 0.6) is 5.75 Å². The van der Waals surface area contributed by atoms with Gasteiger partial charge < -0.3 is 10.1 Å². The number of rotatable bonds is 7. The standard InChI is InChI=1S/C21H23N3O4/c1-2-18(28-17-6-4-3-5-7-17)21(27)24-23-20(26)15-10-12-16(13-11-15)22-19(25)14-8-9-14/h3-7,10-14,18H,2,8-9H2,1H3,(H,22,25)(H,23,26)(H,24,27). The summed E-state index contributed by atoms with van der Waals surface area (Å²) in [6.07, 6.45) is 1.59. The molecule has 3 N–H and O–H groups in total. The first-order valence-electron chi connectivity index (χ1n) is 9.29. The van der Waals surface area contributed by atoms with Gasteiger partial charge in [0.1, 0.15) is 5.75 Å². The molecule has 28 heavy (non-hydrogen) atoms. The van der Waals surface area contributed by atoms with Gasteiger partial charge in [0.05, 0.1) is 0 Å². The van der Waals surface area contributed by atoms with Gasteiger partial charge in [-0.1, -0.05) is 25.1 Å². The Bertz CT molecular complexity index is 832. The number of amides is 3. The number of anilines is 1. The Morgan fingerprint density at radius 2 is 1.68 bits per heavy atom. The third-order valence-electron chi connectivity index (χ3n) is 4.35. The molecule has 0 radical (unpaired) electrons. The van der Waals surface area contributed by atoms with E-state index in [-0.39, 0.29) is 11.8 Å². The largest absolute Gasteiger partial charge is 0.481 e. The highest BCUT2D eigenvalue weighted by atomic mass is 16.5. The molecule has 7 nitrogen and oxygen atoms in total. The maximum atomic E-state index is 12.3. The van der Waals surface area contributed by atoms with E-state index < -0.39 is 17.9 Å². The van der Waals surface area contributed by atoms with Crippen LogP contribution < -0.4 is 20.9 Å². The van der Waals surface area contributed by atoms with Gasteiger partial charge in [0.25, 0.3) is 11.8 Å². The van der Waals surface area contributed by atoms with Crippen LogP contribution in [0.25, 0.3) is 0 Å². The van der Waals surface area contributed by atoms with E-state index in [1.54, 1.807) is 36.4 Å². The zero-order chi connectivity index (χ0) is 19.9. The van der Waals surface area contributed by atoms with Crippen LogP contribution in [-0.2, 0) is 9.59 Å². The first kappa shape index (κ1) is 19.4. The van der Waals surface area contributed by atoms with Crippen LogP contribution in [0, 0.1) is 5.92 Å². The molecule has 146 valence electrons. The van der Waals surface area contributed by atoms with Crippen molar-refractivity contribution in [2.24, 2.45) is 5.92 Å². The average molecular weight is 381 g/mol. The lowest BCUT2D eigenvalue weighted by Gasteiger charge is -2.17. The van der Waals surface area contributed by atoms with Crippen molar-refractivity contribution in [2.75, 3.05) is 5.32 Å². The Labute approximate surface area is 163 Å². The van der Waals surface area contributed by atoms with Gasteiger partial charge in [-0.15, -0.1) is 0 Å². The molecule has 1 unspecified atom stereocenters. The van der Waals surface area contributed by atoms with Crippen LogP contribution in [0.3, 0.4) is 0 Å². The first-order chi connectivity index (χ1) is 13.6. The summed E-state index contributed by atoms with van der Waals surface area (Å²) in [6.45, 7) is 1.82. The molecule has 1 aliphatic rings. The van der Waals surface area contributed by atoms with Crippen molar-refractivity contribution >= 4 is 23.4 Å². The summed E-state index contributed by atoms with van der Waals surface area (Å²) in [5.74, 6) is -0.188. The second-order valence-corrected chi connectivity index (χ2v) is 6.61. The molecule has 0 spiro atoms. The van der Waals surface area contributed by atoms with Gasteiger partial charge in [-0.25, -0.2) is 0 Å². The molecule has 1 atom stereocenters. The smallest absolute Gasteiger partial charge is 0.279 e. The van der Waals surface area contributed by atoms with Crippen molar-refractivity contribution in [3.8, 4) is 5.75 Å². The van der Waals surface area contributed by atoms with Crippen molar-refractivity contribution in [1.29, 1.82) is 0 Å². The summed E-state index contributed by atoms with van der Waals surface area (Å²) in [7, 11) is 0. The Balaban J connectivity index is 1.49. The minimum absolute atomic E-state index is 0.00786. The Hall–Kier alpha value is -3.35. The maximum absolute atomic E-state index is 12.3. The second-order valence-electron chi connectivity index (χ2n) is 6.61. The zero-order valence-corrected chi connectivity index (χ0v) is 15.6. The number of hydrazine groups is 1. The highest BCUT2D eigenvalue weighted by Crippen LogP contribution is 2.30. The normalized spacial score (nSPS) is 13.9. The minimum atomic E-state index is -0.720. The number of benzene rings is 2. The van der Waals surface area contributed by atoms with Crippen LogP contribution >= 0.6 is 0 Å². The summed E-state index contributed by atoms with van der Waals surface area (Å²) in [4.78, 5) is 36.2. The first-order valence-corrected chi connectivity index (χ1v) is 9.29. The number of carbonyl (C=O) groups excluding carboxylic acids is 3. The van der Waals surface area contributed by atoms with E-state index in [9.17, 15) is 14.4 Å². The van der Waals surface area contributed by atoms with Gasteiger partial charge in [-0.2, -0.15) is 0 Å². The highest BCUT2D eigenvalue weighted by molar-refractivity contribution is 5.97. The fraction of sp³-hybridized carbons (Fsp3) is 0.286. The molecule has 1 saturated carbocycles. The third kappa shape index (κ3) is 5.33. The molecule has 0 aromatic heterocycles. The molecule has 1 aliphatic carbocycles. The van der Waals surface area contributed by atoms with E-state index in [0.29, 0.717) is 23.4 Å². The Morgan fingerprint density at radius 3 is 2.29 bits per heavy atom. The number of hydrogen-bond acceptors (Lipinski definition) is 4. The molecule has 0 bridgehead atoms. The molecule has 2 aromatic carbocycles. The van der Waals surface area contributed by atoms with E-state index in [1.807, 2.05) is 25.1 Å². The summed E-state index contributed by atoms with van der Waals surface area (Å²) in [5, 5.41) is 2.81. The van der Waals surface area contributed by atoms with Crippen molar-refractivity contribution in [3.63, 3.8) is 0 Å². The number of carbonyl (C=O) groups is 3. The molecule has 1 fully saturated rings. The molecule has 3 amide bonds. The van der Waals surface area contributed by atoms with Gasteiger partial charge in [0.2, 0.25) is 5.91 Å². The van der Waals surface area contributed by atoms with Crippen molar-refractivity contribution in [2.45, 2.75) is 32.3 Å². The molecule has 2 aromatic rings. The highest BCUT2D eigenvalue weighted by Gasteiger charge is 2.29. The van der Waals surface area contributed by atoms with Crippen LogP contribution in [-0.4, -0.2) is 23.8 Å². The van der Waals surface area contributed by atoms with E-state index in [1.165, 1.54) is 0 Å². The van der Waals surface area contributed by atoms with E-state index in [4.69, 9.17) is 4.74 Å².